The van der Waals surface area contributed by atoms with E-state index < -0.39 is 12.2 Å². The molecule has 1 fully saturated rings. The molecular weight excluding hydrogens is 234 g/mol. The molecule has 1 aliphatic heterocycles. The molecule has 2 N–H and O–H groups in total. The van der Waals surface area contributed by atoms with Crippen molar-refractivity contribution in [2.75, 3.05) is 13.2 Å². The molecule has 0 aromatic heterocycles. The maximum atomic E-state index is 11.5. The van der Waals surface area contributed by atoms with E-state index in [-0.39, 0.29) is 12.6 Å². The Hall–Kier alpha value is -1.59. The van der Waals surface area contributed by atoms with E-state index in [0.29, 0.717) is 19.6 Å². The molecule has 0 unspecified atom stereocenters. The highest BCUT2D eigenvalue weighted by Gasteiger charge is 2.25. The van der Waals surface area contributed by atoms with E-state index in [9.17, 15) is 9.90 Å². The third kappa shape index (κ3) is 3.72. The number of nitrogens with one attached hydrogen (secondary N) is 1. The van der Waals surface area contributed by atoms with E-state index in [1.807, 2.05) is 30.3 Å². The summed E-state index contributed by atoms with van der Waals surface area (Å²) in [6.45, 7) is 1.07. The standard InChI is InChI=1S/C13H17NO4/c15-12-6-7-17-9-11(12)14-13(16)18-8-10-4-2-1-3-5-10/h1-5,11-12,15H,6-9H2,(H,14,16)/t11-,12-/m1/s1. The molecule has 98 valence electrons. The van der Waals surface area contributed by atoms with Gasteiger partial charge < -0.3 is 19.9 Å². The van der Waals surface area contributed by atoms with Gasteiger partial charge in [-0.25, -0.2) is 4.79 Å². The number of hydrogen-bond acceptors (Lipinski definition) is 4. The summed E-state index contributed by atoms with van der Waals surface area (Å²) in [6.07, 6.45) is -0.569. The molecule has 0 aliphatic carbocycles. The second-order valence-corrected chi connectivity index (χ2v) is 4.24. The first-order valence-electron chi connectivity index (χ1n) is 5.99. The maximum absolute atomic E-state index is 11.5. The number of hydrogen-bond donors (Lipinski definition) is 2. The topological polar surface area (TPSA) is 67.8 Å². The van der Waals surface area contributed by atoms with Crippen LogP contribution in [0, 0.1) is 0 Å². The molecule has 0 radical (unpaired) electrons. The molecule has 1 aromatic carbocycles. The highest BCUT2D eigenvalue weighted by molar-refractivity contribution is 5.67. The van der Waals surface area contributed by atoms with Crippen LogP contribution in [-0.2, 0) is 16.1 Å². The molecule has 1 aliphatic rings. The number of carbonyl (C=O) groups excluding carboxylic acids is 1. The Balaban J connectivity index is 1.75. The number of carbonyl (C=O) groups is 1. The highest BCUT2D eigenvalue weighted by Crippen LogP contribution is 2.08. The minimum Gasteiger partial charge on any atom is -0.445 e. The summed E-state index contributed by atoms with van der Waals surface area (Å²) in [7, 11) is 0. The lowest BCUT2D eigenvalue weighted by Gasteiger charge is -2.27. The van der Waals surface area contributed by atoms with Crippen LogP contribution in [0.5, 0.6) is 0 Å². The third-order valence-corrected chi connectivity index (χ3v) is 2.84. The number of alkyl carbamates (subject to hydrolysis) is 1. The lowest BCUT2D eigenvalue weighted by Crippen LogP contribution is -2.49. The van der Waals surface area contributed by atoms with Gasteiger partial charge in [0.15, 0.2) is 0 Å². The molecule has 0 saturated carbocycles. The monoisotopic (exact) mass is 251 g/mol. The summed E-state index contributed by atoms with van der Waals surface area (Å²) >= 11 is 0. The third-order valence-electron chi connectivity index (χ3n) is 2.84. The van der Waals surface area contributed by atoms with E-state index in [1.165, 1.54) is 0 Å². The zero-order valence-electron chi connectivity index (χ0n) is 10.0. The van der Waals surface area contributed by atoms with Crippen LogP contribution in [0.25, 0.3) is 0 Å². The first-order valence-corrected chi connectivity index (χ1v) is 5.99. The molecule has 1 aromatic rings. The van der Waals surface area contributed by atoms with Crippen LogP contribution in [0.1, 0.15) is 12.0 Å². The number of aliphatic hydroxyl groups excluding tert-OH is 1. The van der Waals surface area contributed by atoms with Gasteiger partial charge in [0, 0.05) is 6.61 Å². The van der Waals surface area contributed by atoms with Crippen LogP contribution in [0.2, 0.25) is 0 Å². The van der Waals surface area contributed by atoms with Crippen molar-refractivity contribution in [3.63, 3.8) is 0 Å². The van der Waals surface area contributed by atoms with Gasteiger partial charge in [-0.15, -0.1) is 0 Å². The quantitative estimate of drug-likeness (QED) is 0.843. The molecule has 1 amide bonds. The second-order valence-electron chi connectivity index (χ2n) is 4.24. The van der Waals surface area contributed by atoms with Crippen LogP contribution >= 0.6 is 0 Å². The number of amides is 1. The number of benzene rings is 1. The molecule has 5 nitrogen and oxygen atoms in total. The van der Waals surface area contributed by atoms with E-state index in [1.54, 1.807) is 0 Å². The van der Waals surface area contributed by atoms with Crippen molar-refractivity contribution in [2.45, 2.75) is 25.2 Å². The summed E-state index contributed by atoms with van der Waals surface area (Å²) in [6, 6.07) is 9.05. The maximum Gasteiger partial charge on any atom is 0.407 e. The van der Waals surface area contributed by atoms with Gasteiger partial charge in [0.2, 0.25) is 0 Å². The molecule has 0 bridgehead atoms. The molecule has 2 atom stereocenters. The molecule has 5 heteroatoms. The molecule has 2 rings (SSSR count). The van der Waals surface area contributed by atoms with E-state index >= 15 is 0 Å². The smallest absolute Gasteiger partial charge is 0.407 e. The average molecular weight is 251 g/mol. The highest BCUT2D eigenvalue weighted by atomic mass is 16.5. The van der Waals surface area contributed by atoms with Gasteiger partial charge in [0.1, 0.15) is 6.61 Å². The summed E-state index contributed by atoms with van der Waals surface area (Å²) in [5, 5.41) is 12.3. The molecule has 1 saturated heterocycles. The lowest BCUT2D eigenvalue weighted by molar-refractivity contribution is -0.0158. The van der Waals surface area contributed by atoms with E-state index in [4.69, 9.17) is 9.47 Å². The minimum atomic E-state index is -0.567. The van der Waals surface area contributed by atoms with Gasteiger partial charge in [-0.05, 0) is 12.0 Å². The van der Waals surface area contributed by atoms with Crippen molar-refractivity contribution in [1.82, 2.24) is 5.32 Å². The molecular formula is C13H17NO4. The Labute approximate surface area is 106 Å². The molecule has 0 spiro atoms. The van der Waals surface area contributed by atoms with Crippen LogP contribution in [-0.4, -0.2) is 36.6 Å². The van der Waals surface area contributed by atoms with Crippen molar-refractivity contribution in [3.8, 4) is 0 Å². The largest absolute Gasteiger partial charge is 0.445 e. The number of rotatable bonds is 3. The normalized spacial score (nSPS) is 23.4. The molecule has 18 heavy (non-hydrogen) atoms. The predicted octanol–water partition coefficient (Wildman–Crippen LogP) is 1.06. The first-order chi connectivity index (χ1) is 8.75. The fourth-order valence-electron chi connectivity index (χ4n) is 1.78. The van der Waals surface area contributed by atoms with Crippen LogP contribution in [0.4, 0.5) is 4.79 Å². The fraction of sp³-hybridized carbons (Fsp3) is 0.462. The summed E-state index contributed by atoms with van der Waals surface area (Å²) < 4.78 is 10.2. The zero-order valence-corrected chi connectivity index (χ0v) is 10.0. The van der Waals surface area contributed by atoms with Gasteiger partial charge in [-0.3, -0.25) is 0 Å². The zero-order chi connectivity index (χ0) is 12.8. The summed E-state index contributed by atoms with van der Waals surface area (Å²) in [5.41, 5.74) is 0.924. The Bertz CT molecular complexity index is 382. The van der Waals surface area contributed by atoms with Crippen molar-refractivity contribution in [3.05, 3.63) is 35.9 Å². The Kier molecular flexibility index (Phi) is 4.55. The van der Waals surface area contributed by atoms with Gasteiger partial charge in [0.25, 0.3) is 0 Å². The van der Waals surface area contributed by atoms with Gasteiger partial charge in [0.05, 0.1) is 18.8 Å². The number of ether oxygens (including phenoxy) is 2. The van der Waals surface area contributed by atoms with Crippen LogP contribution < -0.4 is 5.32 Å². The predicted molar refractivity (Wildman–Crippen MR) is 65.0 cm³/mol. The van der Waals surface area contributed by atoms with Gasteiger partial charge >= 0.3 is 6.09 Å². The molecule has 1 heterocycles. The fourth-order valence-corrected chi connectivity index (χ4v) is 1.78. The van der Waals surface area contributed by atoms with E-state index in [2.05, 4.69) is 5.32 Å². The van der Waals surface area contributed by atoms with Gasteiger partial charge in [-0.1, -0.05) is 30.3 Å². The van der Waals surface area contributed by atoms with Crippen molar-refractivity contribution < 1.29 is 19.4 Å². The van der Waals surface area contributed by atoms with E-state index in [0.717, 1.165) is 5.56 Å². The average Bonchev–Trinajstić information content (AvgIpc) is 2.40. The Morgan fingerprint density at radius 1 is 1.44 bits per heavy atom. The minimum absolute atomic E-state index is 0.219. The lowest BCUT2D eigenvalue weighted by atomic mass is 10.1. The summed E-state index contributed by atoms with van der Waals surface area (Å²) in [4.78, 5) is 11.5. The Morgan fingerprint density at radius 3 is 2.94 bits per heavy atom. The van der Waals surface area contributed by atoms with Crippen molar-refractivity contribution >= 4 is 6.09 Å². The second kappa shape index (κ2) is 6.37. The SMILES string of the molecule is O=C(N[C@@H]1COCC[C@H]1O)OCc1ccccc1. The first kappa shape index (κ1) is 12.9. The van der Waals surface area contributed by atoms with Crippen LogP contribution in [0.3, 0.4) is 0 Å². The van der Waals surface area contributed by atoms with Gasteiger partial charge in [-0.2, -0.15) is 0 Å². The summed E-state index contributed by atoms with van der Waals surface area (Å²) in [5.74, 6) is 0. The number of aliphatic hydroxyl groups is 1. The van der Waals surface area contributed by atoms with Crippen LogP contribution in [0.15, 0.2) is 30.3 Å². The van der Waals surface area contributed by atoms with Crippen molar-refractivity contribution in [2.24, 2.45) is 0 Å². The Morgan fingerprint density at radius 2 is 2.22 bits per heavy atom. The van der Waals surface area contributed by atoms with Crippen molar-refractivity contribution in [1.29, 1.82) is 0 Å².